The SMILES string of the molecule is CC(C)(C)C(=O)C1Nc2ccc(CCC3CC3)cc2S1. The highest BCUT2D eigenvalue weighted by Gasteiger charge is 2.34. The van der Waals surface area contributed by atoms with Gasteiger partial charge in [0.25, 0.3) is 0 Å². The van der Waals surface area contributed by atoms with Gasteiger partial charge in [0, 0.05) is 16.0 Å². The van der Waals surface area contributed by atoms with E-state index in [-0.39, 0.29) is 16.6 Å². The summed E-state index contributed by atoms with van der Waals surface area (Å²) in [5, 5.41) is 3.24. The van der Waals surface area contributed by atoms with Gasteiger partial charge in [0.1, 0.15) is 5.37 Å². The fourth-order valence-corrected chi connectivity index (χ4v) is 3.90. The second kappa shape index (κ2) is 5.10. The van der Waals surface area contributed by atoms with Crippen LogP contribution in [0.3, 0.4) is 0 Å². The Kier molecular flexibility index (Phi) is 3.57. The Morgan fingerprint density at radius 3 is 2.75 bits per heavy atom. The second-order valence-corrected chi connectivity index (χ2v) is 8.22. The van der Waals surface area contributed by atoms with Crippen LogP contribution in [0.2, 0.25) is 0 Å². The van der Waals surface area contributed by atoms with Crippen LogP contribution in [0.4, 0.5) is 5.69 Å². The van der Waals surface area contributed by atoms with E-state index in [9.17, 15) is 4.79 Å². The van der Waals surface area contributed by atoms with Crippen molar-refractivity contribution in [2.24, 2.45) is 11.3 Å². The lowest BCUT2D eigenvalue weighted by molar-refractivity contribution is -0.125. The van der Waals surface area contributed by atoms with Gasteiger partial charge in [-0.1, -0.05) is 51.4 Å². The van der Waals surface area contributed by atoms with Gasteiger partial charge in [0.15, 0.2) is 5.78 Å². The number of fused-ring (bicyclic) bond motifs is 1. The summed E-state index contributed by atoms with van der Waals surface area (Å²) < 4.78 is 0. The van der Waals surface area contributed by atoms with E-state index < -0.39 is 0 Å². The van der Waals surface area contributed by atoms with Gasteiger partial charge in [0.2, 0.25) is 0 Å². The number of Topliss-reactive ketones (excluding diaryl/α,β-unsaturated/α-hetero) is 1. The minimum absolute atomic E-state index is 0.122. The molecule has 1 unspecified atom stereocenters. The lowest BCUT2D eigenvalue weighted by atomic mass is 9.90. The molecule has 1 N–H and O–H groups in total. The fourth-order valence-electron chi connectivity index (χ4n) is 2.53. The third-order valence-electron chi connectivity index (χ3n) is 4.09. The van der Waals surface area contributed by atoms with E-state index >= 15 is 0 Å². The molecule has 1 fully saturated rings. The Morgan fingerprint density at radius 2 is 2.10 bits per heavy atom. The molecule has 1 atom stereocenters. The van der Waals surface area contributed by atoms with Crippen LogP contribution < -0.4 is 5.32 Å². The molecule has 3 rings (SSSR count). The Morgan fingerprint density at radius 1 is 1.35 bits per heavy atom. The van der Waals surface area contributed by atoms with Gasteiger partial charge in [-0.15, -0.1) is 0 Å². The Balaban J connectivity index is 1.68. The maximum Gasteiger partial charge on any atom is 0.170 e. The summed E-state index contributed by atoms with van der Waals surface area (Å²) in [7, 11) is 0. The van der Waals surface area contributed by atoms with Crippen molar-refractivity contribution in [2.75, 3.05) is 5.32 Å². The molecule has 0 spiro atoms. The van der Waals surface area contributed by atoms with Gasteiger partial charge in [-0.2, -0.15) is 0 Å². The molecule has 1 aliphatic carbocycles. The van der Waals surface area contributed by atoms with Crippen LogP contribution in [0.25, 0.3) is 0 Å². The first-order valence-corrected chi connectivity index (χ1v) is 8.42. The summed E-state index contributed by atoms with van der Waals surface area (Å²) in [6.45, 7) is 5.96. The minimum Gasteiger partial charge on any atom is -0.366 e. The summed E-state index contributed by atoms with van der Waals surface area (Å²) in [5.41, 5.74) is 2.24. The summed E-state index contributed by atoms with van der Waals surface area (Å²) in [6.07, 6.45) is 5.34. The molecule has 2 nitrogen and oxygen atoms in total. The molecule has 1 heterocycles. The van der Waals surface area contributed by atoms with E-state index in [1.807, 2.05) is 20.8 Å². The van der Waals surface area contributed by atoms with Crippen LogP contribution in [0.5, 0.6) is 0 Å². The van der Waals surface area contributed by atoms with E-state index in [4.69, 9.17) is 0 Å². The maximum atomic E-state index is 12.4. The molecule has 108 valence electrons. The number of rotatable bonds is 4. The molecule has 0 aromatic heterocycles. The summed E-state index contributed by atoms with van der Waals surface area (Å²) in [6, 6.07) is 6.62. The molecule has 0 saturated heterocycles. The first kappa shape index (κ1) is 14.0. The van der Waals surface area contributed by atoms with E-state index in [2.05, 4.69) is 23.5 Å². The largest absolute Gasteiger partial charge is 0.366 e. The third-order valence-corrected chi connectivity index (χ3v) is 5.25. The van der Waals surface area contributed by atoms with Crippen molar-refractivity contribution in [1.82, 2.24) is 0 Å². The fraction of sp³-hybridized carbons (Fsp3) is 0.588. The lowest BCUT2D eigenvalue weighted by Gasteiger charge is -2.20. The van der Waals surface area contributed by atoms with Crippen LogP contribution >= 0.6 is 11.8 Å². The average Bonchev–Trinajstić information content (AvgIpc) is 3.12. The summed E-state index contributed by atoms with van der Waals surface area (Å²) >= 11 is 1.67. The topological polar surface area (TPSA) is 29.1 Å². The number of nitrogens with one attached hydrogen (secondary N) is 1. The summed E-state index contributed by atoms with van der Waals surface area (Å²) in [5.74, 6) is 1.25. The zero-order valence-corrected chi connectivity index (χ0v) is 13.3. The minimum atomic E-state index is -0.290. The molecule has 1 saturated carbocycles. The van der Waals surface area contributed by atoms with Crippen molar-refractivity contribution < 1.29 is 4.79 Å². The predicted octanol–water partition coefficient (Wildman–Crippen LogP) is 4.49. The van der Waals surface area contributed by atoms with Crippen molar-refractivity contribution >= 4 is 23.2 Å². The quantitative estimate of drug-likeness (QED) is 0.885. The monoisotopic (exact) mass is 289 g/mol. The maximum absolute atomic E-state index is 12.4. The second-order valence-electron chi connectivity index (χ2n) is 7.07. The Labute approximate surface area is 125 Å². The molecule has 1 aliphatic heterocycles. The summed E-state index contributed by atoms with van der Waals surface area (Å²) in [4.78, 5) is 13.6. The van der Waals surface area contributed by atoms with Crippen LogP contribution in [-0.4, -0.2) is 11.2 Å². The molecule has 1 aromatic rings. The molecule has 1 aromatic carbocycles. The number of benzene rings is 1. The highest BCUT2D eigenvalue weighted by molar-refractivity contribution is 8.01. The van der Waals surface area contributed by atoms with E-state index in [1.54, 1.807) is 11.8 Å². The number of anilines is 1. The van der Waals surface area contributed by atoms with Crippen LogP contribution in [0, 0.1) is 11.3 Å². The number of aryl methyl sites for hydroxylation is 1. The van der Waals surface area contributed by atoms with Crippen molar-refractivity contribution in [3.63, 3.8) is 0 Å². The van der Waals surface area contributed by atoms with Crippen molar-refractivity contribution in [3.05, 3.63) is 23.8 Å². The highest BCUT2D eigenvalue weighted by Crippen LogP contribution is 2.42. The van der Waals surface area contributed by atoms with Crippen LogP contribution in [-0.2, 0) is 11.2 Å². The first-order valence-electron chi connectivity index (χ1n) is 7.54. The predicted molar refractivity (Wildman–Crippen MR) is 85.2 cm³/mol. The smallest absolute Gasteiger partial charge is 0.170 e. The zero-order chi connectivity index (χ0) is 14.3. The van der Waals surface area contributed by atoms with E-state index in [1.165, 1.54) is 36.1 Å². The number of carbonyl (C=O) groups is 1. The van der Waals surface area contributed by atoms with Crippen molar-refractivity contribution in [2.45, 2.75) is 56.7 Å². The van der Waals surface area contributed by atoms with E-state index in [0.29, 0.717) is 0 Å². The molecule has 0 bridgehead atoms. The Bertz CT molecular complexity index is 528. The Hall–Kier alpha value is -0.960. The van der Waals surface area contributed by atoms with Gasteiger partial charge in [-0.25, -0.2) is 0 Å². The molecule has 0 radical (unpaired) electrons. The first-order chi connectivity index (χ1) is 9.43. The van der Waals surface area contributed by atoms with Gasteiger partial charge in [0.05, 0.1) is 0 Å². The number of thioether (sulfide) groups is 1. The molecular formula is C17H23NOS. The lowest BCUT2D eigenvalue weighted by Crippen LogP contribution is -2.33. The molecule has 20 heavy (non-hydrogen) atoms. The standard InChI is InChI=1S/C17H23NOS/c1-17(2,3)15(19)16-18-13-9-8-12(10-14(13)20-16)7-6-11-4-5-11/h8-11,16,18H,4-7H2,1-3H3. The molecule has 3 heteroatoms. The molecular weight excluding hydrogens is 266 g/mol. The third kappa shape index (κ3) is 3.03. The highest BCUT2D eigenvalue weighted by atomic mass is 32.2. The van der Waals surface area contributed by atoms with Gasteiger partial charge < -0.3 is 5.32 Å². The van der Waals surface area contributed by atoms with Gasteiger partial charge in [-0.05, 0) is 36.5 Å². The van der Waals surface area contributed by atoms with Crippen LogP contribution in [0.1, 0.15) is 45.6 Å². The van der Waals surface area contributed by atoms with Crippen molar-refractivity contribution in [1.29, 1.82) is 0 Å². The van der Waals surface area contributed by atoms with E-state index in [0.717, 1.165) is 11.6 Å². The van der Waals surface area contributed by atoms with Crippen molar-refractivity contribution in [3.8, 4) is 0 Å². The number of carbonyl (C=O) groups excluding carboxylic acids is 1. The zero-order valence-electron chi connectivity index (χ0n) is 12.5. The van der Waals surface area contributed by atoms with Gasteiger partial charge >= 0.3 is 0 Å². The molecule has 2 aliphatic rings. The van der Waals surface area contributed by atoms with Crippen LogP contribution in [0.15, 0.2) is 23.1 Å². The molecule has 0 amide bonds. The number of hydrogen-bond donors (Lipinski definition) is 1. The number of hydrogen-bond acceptors (Lipinski definition) is 3. The average molecular weight is 289 g/mol. The van der Waals surface area contributed by atoms with Gasteiger partial charge in [-0.3, -0.25) is 4.79 Å². The normalized spacial score (nSPS) is 21.4. The number of ketones is 1.